The summed E-state index contributed by atoms with van der Waals surface area (Å²) in [6.07, 6.45) is 5.75. The van der Waals surface area contributed by atoms with Crippen molar-refractivity contribution in [3.8, 4) is 0 Å². The van der Waals surface area contributed by atoms with Gasteiger partial charge in [-0.15, -0.1) is 0 Å². The van der Waals surface area contributed by atoms with Gasteiger partial charge in [-0.3, -0.25) is 4.90 Å². The van der Waals surface area contributed by atoms with Crippen LogP contribution in [0.5, 0.6) is 0 Å². The van der Waals surface area contributed by atoms with E-state index in [2.05, 4.69) is 54.7 Å². The number of ether oxygens (including phenoxy) is 1. The molecule has 1 saturated heterocycles. The molecule has 0 amide bonds. The molecule has 0 N–H and O–H groups in total. The van der Waals surface area contributed by atoms with Crippen LogP contribution in [0.2, 0.25) is 0 Å². The fraction of sp³-hybridized carbons (Fsp3) is 0.458. The van der Waals surface area contributed by atoms with E-state index in [9.17, 15) is 4.79 Å². The molecule has 7 nitrogen and oxygen atoms in total. The topological polar surface area (TPSA) is 63.5 Å². The quantitative estimate of drug-likeness (QED) is 0.593. The summed E-state index contributed by atoms with van der Waals surface area (Å²) in [6.45, 7) is 5.85. The summed E-state index contributed by atoms with van der Waals surface area (Å²) in [5, 5.41) is 0. The predicted molar refractivity (Wildman–Crippen MR) is 121 cm³/mol. The van der Waals surface area contributed by atoms with Crippen LogP contribution in [0.3, 0.4) is 0 Å². The van der Waals surface area contributed by atoms with E-state index in [1.165, 1.54) is 12.7 Å². The van der Waals surface area contributed by atoms with Gasteiger partial charge in [0, 0.05) is 45.0 Å². The molecule has 2 aliphatic heterocycles. The fourth-order valence-electron chi connectivity index (χ4n) is 4.94. The van der Waals surface area contributed by atoms with Crippen molar-refractivity contribution in [1.82, 2.24) is 19.4 Å². The lowest BCUT2D eigenvalue weighted by atomic mass is 10.1. The van der Waals surface area contributed by atoms with Gasteiger partial charge in [0.15, 0.2) is 5.82 Å². The summed E-state index contributed by atoms with van der Waals surface area (Å²) >= 11 is 0. The highest BCUT2D eigenvalue weighted by molar-refractivity contribution is 6.06. The number of hydrogen-bond acceptors (Lipinski definition) is 6. The second kappa shape index (κ2) is 8.67. The van der Waals surface area contributed by atoms with Gasteiger partial charge in [-0.25, -0.2) is 14.8 Å². The van der Waals surface area contributed by atoms with E-state index < -0.39 is 0 Å². The fourth-order valence-corrected chi connectivity index (χ4v) is 4.94. The van der Waals surface area contributed by atoms with E-state index in [-0.39, 0.29) is 5.97 Å². The van der Waals surface area contributed by atoms with Gasteiger partial charge in [-0.05, 0) is 31.2 Å². The first-order valence-electron chi connectivity index (χ1n) is 11.2. The third-order valence-corrected chi connectivity index (χ3v) is 6.59. The first-order valence-corrected chi connectivity index (χ1v) is 11.2. The van der Waals surface area contributed by atoms with Crippen LogP contribution in [0.25, 0.3) is 11.0 Å². The Morgan fingerprint density at radius 1 is 1.03 bits per heavy atom. The number of carbonyl (C=O) groups excluding carboxylic acids is 1. The van der Waals surface area contributed by atoms with Crippen LogP contribution in [0.4, 0.5) is 5.82 Å². The number of aromatic nitrogens is 3. The van der Waals surface area contributed by atoms with Crippen molar-refractivity contribution < 1.29 is 9.53 Å². The number of benzene rings is 1. The molecule has 2 aromatic heterocycles. The third-order valence-electron chi connectivity index (χ3n) is 6.59. The van der Waals surface area contributed by atoms with Crippen LogP contribution in [0.1, 0.15) is 34.5 Å². The summed E-state index contributed by atoms with van der Waals surface area (Å²) in [4.78, 5) is 26.6. The van der Waals surface area contributed by atoms with Gasteiger partial charge >= 0.3 is 5.97 Å². The number of carbonyl (C=O) groups is 1. The molecule has 31 heavy (non-hydrogen) atoms. The monoisotopic (exact) mass is 419 g/mol. The number of hydrogen-bond donors (Lipinski definition) is 0. The van der Waals surface area contributed by atoms with Crippen LogP contribution in [0.15, 0.2) is 36.7 Å². The van der Waals surface area contributed by atoms with E-state index in [0.717, 1.165) is 87.5 Å². The molecule has 0 unspecified atom stereocenters. The average Bonchev–Trinajstić information content (AvgIpc) is 3.18. The molecule has 0 bridgehead atoms. The van der Waals surface area contributed by atoms with Crippen molar-refractivity contribution >= 4 is 22.8 Å². The molecule has 1 aromatic carbocycles. The Morgan fingerprint density at radius 3 is 2.61 bits per heavy atom. The van der Waals surface area contributed by atoms with Crippen molar-refractivity contribution in [1.29, 1.82) is 0 Å². The zero-order chi connectivity index (χ0) is 21.2. The van der Waals surface area contributed by atoms with Gasteiger partial charge in [0.25, 0.3) is 0 Å². The molecule has 0 saturated carbocycles. The normalized spacial score (nSPS) is 17.0. The van der Waals surface area contributed by atoms with Crippen LogP contribution >= 0.6 is 0 Å². The van der Waals surface area contributed by atoms with E-state index in [4.69, 9.17) is 4.74 Å². The van der Waals surface area contributed by atoms with Gasteiger partial charge < -0.3 is 14.2 Å². The summed E-state index contributed by atoms with van der Waals surface area (Å²) in [6, 6.07) is 10.7. The minimum Gasteiger partial charge on any atom is -0.465 e. The van der Waals surface area contributed by atoms with Gasteiger partial charge in [-0.2, -0.15) is 0 Å². The van der Waals surface area contributed by atoms with Gasteiger partial charge in [0.1, 0.15) is 22.9 Å². The highest BCUT2D eigenvalue weighted by Crippen LogP contribution is 2.34. The van der Waals surface area contributed by atoms with Crippen LogP contribution < -0.4 is 4.90 Å². The van der Waals surface area contributed by atoms with Gasteiger partial charge in [0.05, 0.1) is 7.11 Å². The van der Waals surface area contributed by atoms with Crippen LogP contribution in [-0.2, 0) is 24.1 Å². The molecule has 162 valence electrons. The molecule has 1 fully saturated rings. The lowest BCUT2D eigenvalue weighted by Crippen LogP contribution is -2.47. The second-order valence-corrected chi connectivity index (χ2v) is 8.38. The number of nitrogens with zero attached hydrogens (tertiary/aromatic N) is 5. The molecule has 0 spiro atoms. The zero-order valence-electron chi connectivity index (χ0n) is 18.1. The second-order valence-electron chi connectivity index (χ2n) is 8.38. The number of piperazine rings is 1. The van der Waals surface area contributed by atoms with Crippen molar-refractivity contribution in [2.24, 2.45) is 0 Å². The predicted octanol–water partition coefficient (Wildman–Crippen LogP) is 2.92. The van der Waals surface area contributed by atoms with E-state index in [0.29, 0.717) is 5.56 Å². The van der Waals surface area contributed by atoms with Gasteiger partial charge in [0.2, 0.25) is 0 Å². The summed E-state index contributed by atoms with van der Waals surface area (Å²) in [7, 11) is 1.44. The molecular weight excluding hydrogens is 390 g/mol. The molecule has 0 radical (unpaired) electrons. The maximum Gasteiger partial charge on any atom is 0.341 e. The highest BCUT2D eigenvalue weighted by Gasteiger charge is 2.30. The first-order chi connectivity index (χ1) is 15.3. The lowest BCUT2D eigenvalue weighted by Gasteiger charge is -2.35. The van der Waals surface area contributed by atoms with Crippen molar-refractivity contribution in [3.63, 3.8) is 0 Å². The van der Waals surface area contributed by atoms with Crippen LogP contribution in [0, 0.1) is 0 Å². The lowest BCUT2D eigenvalue weighted by molar-refractivity contribution is 0.0601. The molecule has 3 aromatic rings. The Kier molecular flexibility index (Phi) is 5.59. The zero-order valence-corrected chi connectivity index (χ0v) is 18.1. The Balaban J connectivity index is 1.37. The van der Waals surface area contributed by atoms with Crippen molar-refractivity contribution in [2.45, 2.75) is 32.2 Å². The van der Waals surface area contributed by atoms with Crippen molar-refractivity contribution in [2.75, 3.05) is 44.7 Å². The molecule has 0 aliphatic carbocycles. The number of fused-ring (bicyclic) bond motifs is 3. The first kappa shape index (κ1) is 20.0. The number of anilines is 1. The maximum atomic E-state index is 12.6. The molecule has 4 heterocycles. The number of methoxy groups -OCH3 is 1. The maximum absolute atomic E-state index is 12.6. The smallest absolute Gasteiger partial charge is 0.341 e. The van der Waals surface area contributed by atoms with E-state index >= 15 is 0 Å². The average molecular weight is 420 g/mol. The van der Waals surface area contributed by atoms with Crippen LogP contribution in [-0.4, -0.2) is 65.2 Å². The standard InChI is InChI=1S/C24H29N5O2/c1-31-24(30)20-19-9-5-6-11-29(19)22-21(20)25-17-26-23(22)28-15-13-27(14-16-28)12-10-18-7-3-2-4-8-18/h2-4,7-8,17H,5-6,9-16H2,1H3. The third kappa shape index (κ3) is 3.78. The van der Waals surface area contributed by atoms with Crippen molar-refractivity contribution in [3.05, 3.63) is 53.5 Å². The molecular formula is C24H29N5O2. The molecule has 0 atom stereocenters. The highest BCUT2D eigenvalue weighted by atomic mass is 16.5. The summed E-state index contributed by atoms with van der Waals surface area (Å²) in [5.41, 5.74) is 4.80. The van der Waals surface area contributed by atoms with E-state index in [1.54, 1.807) is 6.33 Å². The minimum atomic E-state index is -0.295. The SMILES string of the molecule is COC(=O)c1c2n(c3c(N4CCN(CCc5ccccc5)CC4)ncnc13)CCCC2. The molecule has 5 rings (SSSR count). The minimum absolute atomic E-state index is 0.295. The van der Waals surface area contributed by atoms with Gasteiger partial charge in [-0.1, -0.05) is 30.3 Å². The Morgan fingerprint density at radius 2 is 1.84 bits per heavy atom. The number of rotatable bonds is 5. The Labute approximate surface area is 182 Å². The number of aryl methyl sites for hydroxylation is 1. The largest absolute Gasteiger partial charge is 0.465 e. The Bertz CT molecular complexity index is 1070. The Hall–Kier alpha value is -2.93. The summed E-state index contributed by atoms with van der Waals surface area (Å²) < 4.78 is 7.36. The van der Waals surface area contributed by atoms with E-state index in [1.807, 2.05) is 0 Å². The number of esters is 1. The summed E-state index contributed by atoms with van der Waals surface area (Å²) in [5.74, 6) is 0.655. The molecule has 7 heteroatoms. The molecule has 2 aliphatic rings.